The van der Waals surface area contributed by atoms with Crippen LogP contribution in [0.5, 0.6) is 0 Å². The molecule has 1 fully saturated rings. The van der Waals surface area contributed by atoms with E-state index < -0.39 is 0 Å². The molecule has 0 radical (unpaired) electrons. The number of rotatable bonds is 6. The average Bonchev–Trinajstić information content (AvgIpc) is 3.28. The summed E-state index contributed by atoms with van der Waals surface area (Å²) in [6.45, 7) is 2.56. The molecule has 3 rings (SSSR count). The number of hydrogen-bond donors (Lipinski definition) is 2. The highest BCUT2D eigenvalue weighted by Crippen LogP contribution is 2.27. The second-order valence-corrected chi connectivity index (χ2v) is 5.78. The molecule has 2 aromatic rings. The number of nitrogens with zero attached hydrogens (tertiary/aromatic N) is 3. The summed E-state index contributed by atoms with van der Waals surface area (Å²) in [7, 11) is 1.81. The Morgan fingerprint density at radius 1 is 1.23 bits per heavy atom. The fourth-order valence-electron chi connectivity index (χ4n) is 2.32. The predicted octanol–water partition coefficient (Wildman–Crippen LogP) is 2.01. The summed E-state index contributed by atoms with van der Waals surface area (Å²) in [5.74, 6) is 1.70. The quantitative estimate of drug-likeness (QED) is 0.633. The maximum absolute atomic E-state index is 4.42. The number of aliphatic imine (C=N–C) groups is 1. The maximum Gasteiger partial charge on any atom is 0.191 e. The summed E-state index contributed by atoms with van der Waals surface area (Å²) >= 11 is 0. The second-order valence-electron chi connectivity index (χ2n) is 5.78. The van der Waals surface area contributed by atoms with Crippen LogP contribution in [0.1, 0.15) is 24.0 Å². The van der Waals surface area contributed by atoms with E-state index in [1.807, 2.05) is 16.9 Å². The van der Waals surface area contributed by atoms with Crippen molar-refractivity contribution in [3.8, 4) is 0 Å². The minimum atomic E-state index is 0.735. The van der Waals surface area contributed by atoms with Gasteiger partial charge in [0.25, 0.3) is 0 Å². The van der Waals surface area contributed by atoms with E-state index in [2.05, 4.69) is 51.2 Å². The van der Waals surface area contributed by atoms with Crippen molar-refractivity contribution in [2.24, 2.45) is 10.9 Å². The van der Waals surface area contributed by atoms with Gasteiger partial charge in [-0.25, -0.2) is 0 Å². The fraction of sp³-hybridized carbons (Fsp3) is 0.412. The van der Waals surface area contributed by atoms with Crippen molar-refractivity contribution in [2.45, 2.75) is 25.9 Å². The van der Waals surface area contributed by atoms with Gasteiger partial charge in [0.05, 0.1) is 12.7 Å². The van der Waals surface area contributed by atoms with Crippen LogP contribution in [0.2, 0.25) is 0 Å². The molecule has 1 aromatic heterocycles. The molecule has 0 saturated heterocycles. The van der Waals surface area contributed by atoms with Crippen molar-refractivity contribution in [2.75, 3.05) is 13.6 Å². The molecule has 1 aliphatic rings. The first-order valence-electron chi connectivity index (χ1n) is 7.83. The number of nitrogens with one attached hydrogen (secondary N) is 2. The lowest BCUT2D eigenvalue weighted by Crippen LogP contribution is -2.37. The Balaban J connectivity index is 1.48. The van der Waals surface area contributed by atoms with Gasteiger partial charge in [-0.3, -0.25) is 9.67 Å². The Hall–Kier alpha value is -2.30. The van der Waals surface area contributed by atoms with Gasteiger partial charge in [0.1, 0.15) is 0 Å². The lowest BCUT2D eigenvalue weighted by molar-refractivity contribution is 0.685. The van der Waals surface area contributed by atoms with Gasteiger partial charge in [0.2, 0.25) is 0 Å². The molecule has 1 aromatic carbocycles. The smallest absolute Gasteiger partial charge is 0.191 e. The van der Waals surface area contributed by atoms with Crippen molar-refractivity contribution in [1.82, 2.24) is 20.4 Å². The van der Waals surface area contributed by atoms with Crippen LogP contribution in [-0.4, -0.2) is 29.3 Å². The number of benzene rings is 1. The van der Waals surface area contributed by atoms with Gasteiger partial charge in [0, 0.05) is 31.9 Å². The molecular formula is C17H23N5. The van der Waals surface area contributed by atoms with Crippen LogP contribution in [0.25, 0.3) is 0 Å². The zero-order valence-electron chi connectivity index (χ0n) is 13.0. The Morgan fingerprint density at radius 3 is 2.77 bits per heavy atom. The summed E-state index contributed by atoms with van der Waals surface area (Å²) in [4.78, 5) is 4.24. The van der Waals surface area contributed by atoms with Crippen molar-refractivity contribution in [1.29, 1.82) is 0 Å². The van der Waals surface area contributed by atoms with Gasteiger partial charge in [-0.15, -0.1) is 0 Å². The van der Waals surface area contributed by atoms with Gasteiger partial charge in [-0.1, -0.05) is 30.3 Å². The molecule has 1 aliphatic carbocycles. The summed E-state index contributed by atoms with van der Waals surface area (Å²) < 4.78 is 1.97. The Kier molecular flexibility index (Phi) is 4.73. The molecule has 1 heterocycles. The molecule has 116 valence electrons. The van der Waals surface area contributed by atoms with Gasteiger partial charge in [-0.05, 0) is 24.3 Å². The topological polar surface area (TPSA) is 54.2 Å². The molecule has 0 amide bonds. The zero-order valence-corrected chi connectivity index (χ0v) is 13.0. The first-order valence-corrected chi connectivity index (χ1v) is 7.83. The van der Waals surface area contributed by atoms with E-state index in [1.165, 1.54) is 18.4 Å². The normalized spacial score (nSPS) is 14.9. The molecule has 0 atom stereocenters. The molecule has 5 nitrogen and oxygen atoms in total. The Morgan fingerprint density at radius 2 is 2.05 bits per heavy atom. The average molecular weight is 297 g/mol. The van der Waals surface area contributed by atoms with Gasteiger partial charge in [-0.2, -0.15) is 5.10 Å². The van der Waals surface area contributed by atoms with E-state index in [0.29, 0.717) is 0 Å². The van der Waals surface area contributed by atoms with Crippen molar-refractivity contribution in [3.63, 3.8) is 0 Å². The second kappa shape index (κ2) is 7.11. The van der Waals surface area contributed by atoms with Gasteiger partial charge >= 0.3 is 0 Å². The van der Waals surface area contributed by atoms with Crippen LogP contribution >= 0.6 is 0 Å². The van der Waals surface area contributed by atoms with Crippen LogP contribution in [0, 0.1) is 5.92 Å². The van der Waals surface area contributed by atoms with Gasteiger partial charge in [0.15, 0.2) is 5.96 Å². The molecule has 1 saturated carbocycles. The Bertz CT molecular complexity index is 613. The van der Waals surface area contributed by atoms with Crippen LogP contribution in [0.3, 0.4) is 0 Å². The molecule has 0 aliphatic heterocycles. The molecule has 0 bridgehead atoms. The molecule has 0 unspecified atom stereocenters. The van der Waals surface area contributed by atoms with Crippen molar-refractivity contribution in [3.05, 3.63) is 53.9 Å². The highest BCUT2D eigenvalue weighted by atomic mass is 15.3. The van der Waals surface area contributed by atoms with Crippen molar-refractivity contribution >= 4 is 5.96 Å². The lowest BCUT2D eigenvalue weighted by Gasteiger charge is -2.10. The SMILES string of the molecule is CN=C(NCc1cnn(Cc2ccccc2)c1)NCC1CC1. The minimum absolute atomic E-state index is 0.735. The third-order valence-corrected chi connectivity index (χ3v) is 3.81. The largest absolute Gasteiger partial charge is 0.356 e. The third-order valence-electron chi connectivity index (χ3n) is 3.81. The third kappa shape index (κ3) is 4.35. The van der Waals surface area contributed by atoms with E-state index in [4.69, 9.17) is 0 Å². The lowest BCUT2D eigenvalue weighted by atomic mass is 10.2. The Labute approximate surface area is 131 Å². The molecule has 5 heteroatoms. The van der Waals surface area contributed by atoms with Crippen molar-refractivity contribution < 1.29 is 0 Å². The van der Waals surface area contributed by atoms with E-state index in [-0.39, 0.29) is 0 Å². The van der Waals surface area contributed by atoms with E-state index >= 15 is 0 Å². The maximum atomic E-state index is 4.42. The highest BCUT2D eigenvalue weighted by molar-refractivity contribution is 5.79. The van der Waals surface area contributed by atoms with Crippen LogP contribution in [0.4, 0.5) is 0 Å². The molecule has 22 heavy (non-hydrogen) atoms. The van der Waals surface area contributed by atoms with Gasteiger partial charge < -0.3 is 10.6 Å². The minimum Gasteiger partial charge on any atom is -0.356 e. The summed E-state index contributed by atoms with van der Waals surface area (Å²) in [5, 5.41) is 11.1. The first kappa shape index (κ1) is 14.6. The number of guanidine groups is 1. The number of hydrogen-bond acceptors (Lipinski definition) is 2. The fourth-order valence-corrected chi connectivity index (χ4v) is 2.32. The van der Waals surface area contributed by atoms with Crippen LogP contribution in [-0.2, 0) is 13.1 Å². The predicted molar refractivity (Wildman–Crippen MR) is 88.7 cm³/mol. The summed E-state index contributed by atoms with van der Waals surface area (Å²) in [6, 6.07) is 10.4. The standard InChI is InChI=1S/C17H23N5/c1-18-17(19-9-14-7-8-14)20-10-16-11-21-22(13-16)12-15-5-3-2-4-6-15/h2-6,11,13-14H,7-10,12H2,1H3,(H2,18,19,20). The number of aromatic nitrogens is 2. The molecule has 0 spiro atoms. The first-order chi connectivity index (χ1) is 10.8. The monoisotopic (exact) mass is 297 g/mol. The summed E-state index contributed by atoms with van der Waals surface area (Å²) in [6.07, 6.45) is 6.67. The highest BCUT2D eigenvalue weighted by Gasteiger charge is 2.20. The molecule has 2 N–H and O–H groups in total. The van der Waals surface area contributed by atoms with E-state index in [9.17, 15) is 0 Å². The summed E-state index contributed by atoms with van der Waals surface area (Å²) in [5.41, 5.74) is 2.41. The van der Waals surface area contributed by atoms with Crippen LogP contribution in [0.15, 0.2) is 47.7 Å². The van der Waals surface area contributed by atoms with Crippen LogP contribution < -0.4 is 10.6 Å². The van der Waals surface area contributed by atoms with E-state index in [1.54, 1.807) is 7.05 Å². The zero-order chi connectivity index (χ0) is 15.2. The van der Waals surface area contributed by atoms with E-state index in [0.717, 1.165) is 37.1 Å². The molecular weight excluding hydrogens is 274 g/mol.